The maximum atomic E-state index is 12.9. The van der Waals surface area contributed by atoms with Gasteiger partial charge >= 0.3 is 0 Å². The minimum absolute atomic E-state index is 0.104. The summed E-state index contributed by atoms with van der Waals surface area (Å²) < 4.78 is 0. The SMILES string of the molecule is CCN1CCN(C(=O)C2(C(=O)N3CCC(C)CC3)CC2)CC1. The Morgan fingerprint density at radius 1 is 0.909 bits per heavy atom. The van der Waals surface area contributed by atoms with Crippen molar-refractivity contribution >= 4 is 11.8 Å². The Kier molecular flexibility index (Phi) is 4.44. The largest absolute Gasteiger partial charge is 0.342 e. The molecule has 2 heterocycles. The lowest BCUT2D eigenvalue weighted by Gasteiger charge is -2.38. The van der Waals surface area contributed by atoms with Gasteiger partial charge in [-0.25, -0.2) is 0 Å². The molecule has 3 rings (SSSR count). The van der Waals surface area contributed by atoms with Gasteiger partial charge in [0.25, 0.3) is 0 Å². The van der Waals surface area contributed by atoms with Crippen LogP contribution >= 0.6 is 0 Å². The topological polar surface area (TPSA) is 43.9 Å². The quantitative estimate of drug-likeness (QED) is 0.736. The molecule has 1 saturated carbocycles. The molecule has 5 heteroatoms. The Hall–Kier alpha value is -1.10. The number of likely N-dealkylation sites (tertiary alicyclic amines) is 1. The number of piperazine rings is 1. The highest BCUT2D eigenvalue weighted by Gasteiger charge is 2.59. The van der Waals surface area contributed by atoms with Gasteiger partial charge in [-0.15, -0.1) is 0 Å². The molecule has 0 N–H and O–H groups in total. The van der Waals surface area contributed by atoms with Gasteiger partial charge in [-0.3, -0.25) is 9.59 Å². The smallest absolute Gasteiger partial charge is 0.238 e. The van der Waals surface area contributed by atoms with Gasteiger partial charge in [0.2, 0.25) is 11.8 Å². The van der Waals surface area contributed by atoms with Crippen LogP contribution in [0.4, 0.5) is 0 Å². The van der Waals surface area contributed by atoms with Gasteiger partial charge in [0.15, 0.2) is 0 Å². The van der Waals surface area contributed by atoms with Crippen molar-refractivity contribution in [3.63, 3.8) is 0 Å². The normalized spacial score (nSPS) is 26.1. The predicted octanol–water partition coefficient (Wildman–Crippen LogP) is 1.19. The molecular weight excluding hydrogens is 278 g/mol. The van der Waals surface area contributed by atoms with Crippen molar-refractivity contribution in [3.05, 3.63) is 0 Å². The van der Waals surface area contributed by atoms with E-state index in [0.29, 0.717) is 5.92 Å². The third-order valence-electron chi connectivity index (χ3n) is 5.75. The lowest BCUT2D eigenvalue weighted by atomic mass is 9.96. The molecule has 124 valence electrons. The fraction of sp³-hybridized carbons (Fsp3) is 0.882. The maximum absolute atomic E-state index is 12.9. The molecule has 1 aliphatic carbocycles. The second kappa shape index (κ2) is 6.19. The summed E-state index contributed by atoms with van der Waals surface area (Å²) in [5, 5.41) is 0. The molecule has 22 heavy (non-hydrogen) atoms. The van der Waals surface area contributed by atoms with Gasteiger partial charge < -0.3 is 14.7 Å². The Morgan fingerprint density at radius 3 is 1.86 bits per heavy atom. The van der Waals surface area contributed by atoms with E-state index in [1.54, 1.807) is 0 Å². The summed E-state index contributed by atoms with van der Waals surface area (Å²) in [5.41, 5.74) is -0.686. The van der Waals surface area contributed by atoms with Crippen LogP contribution in [0.25, 0.3) is 0 Å². The van der Waals surface area contributed by atoms with Gasteiger partial charge in [-0.2, -0.15) is 0 Å². The van der Waals surface area contributed by atoms with Crippen molar-refractivity contribution < 1.29 is 9.59 Å². The van der Waals surface area contributed by atoms with Crippen LogP contribution in [0.2, 0.25) is 0 Å². The van der Waals surface area contributed by atoms with E-state index in [2.05, 4.69) is 18.7 Å². The number of piperidine rings is 1. The molecule has 3 fully saturated rings. The van der Waals surface area contributed by atoms with Crippen molar-refractivity contribution in [3.8, 4) is 0 Å². The summed E-state index contributed by atoms with van der Waals surface area (Å²) >= 11 is 0. The molecule has 0 unspecified atom stereocenters. The lowest BCUT2D eigenvalue weighted by molar-refractivity contribution is -0.151. The average molecular weight is 307 g/mol. The molecule has 0 bridgehead atoms. The van der Waals surface area contributed by atoms with E-state index in [-0.39, 0.29) is 11.8 Å². The molecule has 0 radical (unpaired) electrons. The van der Waals surface area contributed by atoms with Crippen LogP contribution in [-0.4, -0.2) is 72.3 Å². The lowest BCUT2D eigenvalue weighted by Crippen LogP contribution is -2.54. The predicted molar refractivity (Wildman–Crippen MR) is 85.3 cm³/mol. The molecule has 3 aliphatic rings. The summed E-state index contributed by atoms with van der Waals surface area (Å²) in [6.45, 7) is 10.5. The van der Waals surface area contributed by atoms with Crippen LogP contribution in [0.1, 0.15) is 39.5 Å². The van der Waals surface area contributed by atoms with Gasteiger partial charge in [-0.05, 0) is 38.1 Å². The minimum atomic E-state index is -0.686. The standard InChI is InChI=1S/C17H29N3O2/c1-3-18-10-12-20(13-11-18)16(22)17(6-7-17)15(21)19-8-4-14(2)5-9-19/h14H,3-13H2,1-2H3. The molecule has 0 aromatic rings. The molecule has 0 aromatic carbocycles. The highest BCUT2D eigenvalue weighted by molar-refractivity contribution is 6.07. The average Bonchev–Trinajstić information content (AvgIpc) is 3.36. The molecular formula is C17H29N3O2. The van der Waals surface area contributed by atoms with Crippen LogP contribution in [0, 0.1) is 11.3 Å². The summed E-state index contributed by atoms with van der Waals surface area (Å²) in [5.74, 6) is 0.922. The zero-order chi connectivity index (χ0) is 15.7. The van der Waals surface area contributed by atoms with Gasteiger partial charge in [0.1, 0.15) is 5.41 Å². The molecule has 0 aromatic heterocycles. The zero-order valence-electron chi connectivity index (χ0n) is 14.0. The summed E-state index contributed by atoms with van der Waals surface area (Å²) in [4.78, 5) is 32.0. The van der Waals surface area contributed by atoms with E-state index >= 15 is 0 Å². The molecule has 2 amide bonds. The second-order valence-electron chi connectivity index (χ2n) is 7.28. The van der Waals surface area contributed by atoms with Crippen LogP contribution in [0.3, 0.4) is 0 Å². The van der Waals surface area contributed by atoms with E-state index in [9.17, 15) is 9.59 Å². The first kappa shape index (κ1) is 15.8. The number of amides is 2. The molecule has 2 aliphatic heterocycles. The second-order valence-corrected chi connectivity index (χ2v) is 7.28. The Bertz CT molecular complexity index is 431. The van der Waals surface area contributed by atoms with Gasteiger partial charge in [0.05, 0.1) is 0 Å². The number of hydrogen-bond acceptors (Lipinski definition) is 3. The van der Waals surface area contributed by atoms with Crippen molar-refractivity contribution in [2.24, 2.45) is 11.3 Å². The van der Waals surface area contributed by atoms with E-state index < -0.39 is 5.41 Å². The summed E-state index contributed by atoms with van der Waals surface area (Å²) in [7, 11) is 0. The Labute approximate surface area is 133 Å². The first-order valence-electron chi connectivity index (χ1n) is 8.88. The van der Waals surface area contributed by atoms with E-state index in [1.807, 2.05) is 9.80 Å². The first-order chi connectivity index (χ1) is 10.6. The third kappa shape index (κ3) is 2.87. The maximum Gasteiger partial charge on any atom is 0.238 e. The monoisotopic (exact) mass is 307 g/mol. The van der Waals surface area contributed by atoms with Gasteiger partial charge in [0, 0.05) is 39.3 Å². The summed E-state index contributed by atoms with van der Waals surface area (Å²) in [6, 6.07) is 0. The number of rotatable bonds is 3. The van der Waals surface area contributed by atoms with Crippen LogP contribution in [-0.2, 0) is 9.59 Å². The van der Waals surface area contributed by atoms with E-state index in [0.717, 1.165) is 71.5 Å². The van der Waals surface area contributed by atoms with Gasteiger partial charge in [-0.1, -0.05) is 13.8 Å². The number of nitrogens with zero attached hydrogens (tertiary/aromatic N) is 3. The van der Waals surface area contributed by atoms with Crippen LogP contribution in [0.5, 0.6) is 0 Å². The fourth-order valence-corrected chi connectivity index (χ4v) is 3.73. The zero-order valence-corrected chi connectivity index (χ0v) is 14.0. The van der Waals surface area contributed by atoms with Crippen molar-refractivity contribution in [2.45, 2.75) is 39.5 Å². The van der Waals surface area contributed by atoms with Crippen molar-refractivity contribution in [2.75, 3.05) is 45.8 Å². The van der Waals surface area contributed by atoms with Crippen LogP contribution in [0.15, 0.2) is 0 Å². The first-order valence-corrected chi connectivity index (χ1v) is 8.88. The third-order valence-corrected chi connectivity index (χ3v) is 5.75. The Morgan fingerprint density at radius 2 is 1.41 bits per heavy atom. The van der Waals surface area contributed by atoms with Crippen molar-refractivity contribution in [1.29, 1.82) is 0 Å². The van der Waals surface area contributed by atoms with E-state index in [4.69, 9.17) is 0 Å². The molecule has 0 spiro atoms. The highest BCUT2D eigenvalue weighted by Crippen LogP contribution is 2.49. The minimum Gasteiger partial charge on any atom is -0.342 e. The number of likely N-dealkylation sites (N-methyl/N-ethyl adjacent to an activating group) is 1. The van der Waals surface area contributed by atoms with Crippen molar-refractivity contribution in [1.82, 2.24) is 14.7 Å². The fourth-order valence-electron chi connectivity index (χ4n) is 3.73. The number of carbonyl (C=O) groups excluding carboxylic acids is 2. The molecule has 2 saturated heterocycles. The highest BCUT2D eigenvalue weighted by atomic mass is 16.2. The number of carbonyl (C=O) groups is 2. The molecule has 5 nitrogen and oxygen atoms in total. The number of hydrogen-bond donors (Lipinski definition) is 0. The van der Waals surface area contributed by atoms with Crippen LogP contribution < -0.4 is 0 Å². The Balaban J connectivity index is 1.61. The molecule has 0 atom stereocenters. The summed E-state index contributed by atoms with van der Waals surface area (Å²) in [6.07, 6.45) is 3.66. The van der Waals surface area contributed by atoms with E-state index in [1.165, 1.54) is 0 Å².